The minimum Gasteiger partial charge on any atom is -0.306 e. The van der Waals surface area contributed by atoms with Crippen LogP contribution in [0, 0.1) is 0 Å². The lowest BCUT2D eigenvalue weighted by molar-refractivity contribution is -0.731. The van der Waals surface area contributed by atoms with E-state index in [1.54, 1.807) is 4.68 Å². The van der Waals surface area contributed by atoms with Crippen LogP contribution >= 0.6 is 0 Å². The summed E-state index contributed by atoms with van der Waals surface area (Å²) in [5, 5.41) is 8.00. The summed E-state index contributed by atoms with van der Waals surface area (Å²) in [6.07, 6.45) is 4.32. The molecule has 2 rings (SSSR count). The van der Waals surface area contributed by atoms with E-state index < -0.39 is 0 Å². The van der Waals surface area contributed by atoms with Crippen molar-refractivity contribution in [3.63, 3.8) is 0 Å². The lowest BCUT2D eigenvalue weighted by Crippen LogP contribution is -2.32. The van der Waals surface area contributed by atoms with E-state index in [-0.39, 0.29) is 0 Å². The van der Waals surface area contributed by atoms with E-state index in [0.717, 1.165) is 13.1 Å². The molecule has 0 bridgehead atoms. The molecule has 0 N–H and O–H groups in total. The second kappa shape index (κ2) is 3.41. The van der Waals surface area contributed by atoms with Gasteiger partial charge in [0.05, 0.1) is 7.05 Å². The van der Waals surface area contributed by atoms with Crippen molar-refractivity contribution in [2.45, 2.75) is 18.9 Å². The first-order valence-electron chi connectivity index (χ1n) is 4.72. The first-order valence-corrected chi connectivity index (χ1v) is 4.72. The molecule has 72 valence electrons. The van der Waals surface area contributed by atoms with Crippen LogP contribution in [0.3, 0.4) is 0 Å². The standard InChI is InChI=1S/C8H16N5/c1-11-5-3-8(4-6-11)13-7-12(2)9-10-13/h7-8H,3-6H2,1-2H3/q+1. The van der Waals surface area contributed by atoms with Gasteiger partial charge in [0, 0.05) is 13.1 Å². The van der Waals surface area contributed by atoms with Crippen LogP contribution < -0.4 is 4.68 Å². The monoisotopic (exact) mass is 182 g/mol. The van der Waals surface area contributed by atoms with E-state index >= 15 is 0 Å². The summed E-state index contributed by atoms with van der Waals surface area (Å²) in [5.74, 6) is 0. The van der Waals surface area contributed by atoms with Crippen molar-refractivity contribution < 1.29 is 4.68 Å². The maximum absolute atomic E-state index is 4.08. The van der Waals surface area contributed by atoms with Gasteiger partial charge < -0.3 is 4.90 Å². The Morgan fingerprint density at radius 3 is 2.62 bits per heavy atom. The highest BCUT2D eigenvalue weighted by Gasteiger charge is 2.23. The summed E-state index contributed by atoms with van der Waals surface area (Å²) in [5.41, 5.74) is 0. The van der Waals surface area contributed by atoms with Crippen LogP contribution in [0.25, 0.3) is 0 Å². The van der Waals surface area contributed by atoms with Crippen molar-refractivity contribution in [2.24, 2.45) is 7.05 Å². The molecule has 13 heavy (non-hydrogen) atoms. The Labute approximate surface area is 77.9 Å². The van der Waals surface area contributed by atoms with Gasteiger partial charge >= 0.3 is 0 Å². The summed E-state index contributed by atoms with van der Waals surface area (Å²) in [6, 6.07) is 0.546. The molecular weight excluding hydrogens is 166 g/mol. The summed E-state index contributed by atoms with van der Waals surface area (Å²) >= 11 is 0. The average Bonchev–Trinajstić information content (AvgIpc) is 2.53. The fraction of sp³-hybridized carbons (Fsp3) is 0.875. The molecule has 1 fully saturated rings. The fourth-order valence-electron chi connectivity index (χ4n) is 1.75. The lowest BCUT2D eigenvalue weighted by atomic mass is 10.1. The lowest BCUT2D eigenvalue weighted by Gasteiger charge is -2.25. The van der Waals surface area contributed by atoms with Crippen LogP contribution in [0.5, 0.6) is 0 Å². The van der Waals surface area contributed by atoms with Gasteiger partial charge in [-0.3, -0.25) is 0 Å². The van der Waals surface area contributed by atoms with Gasteiger partial charge in [-0.1, -0.05) is 4.68 Å². The molecular formula is C8H16N5+. The van der Waals surface area contributed by atoms with Gasteiger partial charge in [0.25, 0.3) is 0 Å². The van der Waals surface area contributed by atoms with E-state index in [4.69, 9.17) is 0 Å². The van der Waals surface area contributed by atoms with Gasteiger partial charge in [-0.2, -0.15) is 0 Å². The Balaban J connectivity index is 2.02. The van der Waals surface area contributed by atoms with Crippen molar-refractivity contribution in [3.8, 4) is 0 Å². The van der Waals surface area contributed by atoms with Crippen molar-refractivity contribution in [2.75, 3.05) is 20.1 Å². The highest BCUT2D eigenvalue weighted by molar-refractivity contribution is 4.72. The van der Waals surface area contributed by atoms with Crippen LogP contribution in [0.15, 0.2) is 6.33 Å². The molecule has 1 aromatic heterocycles. The van der Waals surface area contributed by atoms with E-state index in [0.29, 0.717) is 6.04 Å². The second-order valence-corrected chi connectivity index (χ2v) is 3.78. The zero-order valence-corrected chi connectivity index (χ0v) is 8.22. The van der Waals surface area contributed by atoms with E-state index in [1.807, 2.05) is 18.1 Å². The third-order valence-corrected chi connectivity index (χ3v) is 2.63. The largest absolute Gasteiger partial charge is 0.306 e. The summed E-state index contributed by atoms with van der Waals surface area (Å²) in [4.78, 5) is 2.35. The van der Waals surface area contributed by atoms with Crippen LogP contribution in [-0.2, 0) is 7.05 Å². The predicted molar refractivity (Wildman–Crippen MR) is 47.0 cm³/mol. The van der Waals surface area contributed by atoms with E-state index in [1.165, 1.54) is 12.8 Å². The molecule has 1 aromatic rings. The first-order chi connectivity index (χ1) is 6.25. The molecule has 1 aliphatic heterocycles. The molecule has 0 saturated carbocycles. The summed E-state index contributed by atoms with van der Waals surface area (Å²) in [7, 11) is 4.07. The Kier molecular flexibility index (Phi) is 2.26. The van der Waals surface area contributed by atoms with Gasteiger partial charge in [-0.15, -0.1) is 4.68 Å². The molecule has 1 aliphatic rings. The van der Waals surface area contributed by atoms with Gasteiger partial charge in [-0.05, 0) is 19.9 Å². The zero-order chi connectivity index (χ0) is 9.26. The second-order valence-electron chi connectivity index (χ2n) is 3.78. The number of rotatable bonds is 1. The predicted octanol–water partition coefficient (Wildman–Crippen LogP) is -0.631. The van der Waals surface area contributed by atoms with E-state index in [9.17, 15) is 0 Å². The van der Waals surface area contributed by atoms with Gasteiger partial charge in [0.15, 0.2) is 5.21 Å². The number of piperidine rings is 1. The molecule has 0 unspecified atom stereocenters. The maximum atomic E-state index is 4.08. The molecule has 0 atom stereocenters. The highest BCUT2D eigenvalue weighted by Crippen LogP contribution is 2.19. The number of hydrogen-bond acceptors (Lipinski definition) is 3. The van der Waals surface area contributed by atoms with Crippen molar-refractivity contribution in [3.05, 3.63) is 6.33 Å². The number of hydrogen-bond donors (Lipinski definition) is 0. The number of likely N-dealkylation sites (tertiary alicyclic amines) is 1. The van der Waals surface area contributed by atoms with Crippen molar-refractivity contribution >= 4 is 0 Å². The Bertz CT molecular complexity index is 274. The third-order valence-electron chi connectivity index (χ3n) is 2.63. The molecule has 1 saturated heterocycles. The molecule has 2 heterocycles. The van der Waals surface area contributed by atoms with Crippen LogP contribution in [0.2, 0.25) is 0 Å². The normalized spacial score (nSPS) is 20.8. The van der Waals surface area contributed by atoms with E-state index in [2.05, 4.69) is 22.4 Å². The number of aromatic nitrogens is 4. The number of aryl methyl sites for hydroxylation is 1. The van der Waals surface area contributed by atoms with Gasteiger partial charge in [0.1, 0.15) is 11.3 Å². The number of nitrogens with zero attached hydrogens (tertiary/aromatic N) is 5. The quantitative estimate of drug-likeness (QED) is 0.543. The maximum Gasteiger partial charge on any atom is 0.244 e. The topological polar surface area (TPSA) is 37.8 Å². The summed E-state index contributed by atoms with van der Waals surface area (Å²) in [6.45, 7) is 2.32. The Hall–Kier alpha value is -0.970. The SMILES string of the molecule is CN1CCC(n2c[n+](C)nn2)CC1. The zero-order valence-electron chi connectivity index (χ0n) is 8.22. The molecule has 5 heteroatoms. The van der Waals surface area contributed by atoms with Crippen molar-refractivity contribution in [1.29, 1.82) is 0 Å². The molecule has 0 amide bonds. The molecule has 0 aliphatic carbocycles. The van der Waals surface area contributed by atoms with Crippen LogP contribution in [0.1, 0.15) is 18.9 Å². The molecule has 0 radical (unpaired) electrons. The first kappa shape index (κ1) is 8.62. The van der Waals surface area contributed by atoms with Gasteiger partial charge in [-0.25, -0.2) is 0 Å². The third kappa shape index (κ3) is 1.85. The van der Waals surface area contributed by atoms with Crippen LogP contribution in [0.4, 0.5) is 0 Å². The minimum absolute atomic E-state index is 0.546. The smallest absolute Gasteiger partial charge is 0.244 e. The number of tetrazole rings is 1. The molecule has 5 nitrogen and oxygen atoms in total. The Morgan fingerprint density at radius 2 is 2.08 bits per heavy atom. The highest BCUT2D eigenvalue weighted by atomic mass is 15.6. The van der Waals surface area contributed by atoms with Crippen molar-refractivity contribution in [1.82, 2.24) is 20.0 Å². The van der Waals surface area contributed by atoms with Crippen LogP contribution in [-0.4, -0.2) is 40.1 Å². The fourth-order valence-corrected chi connectivity index (χ4v) is 1.75. The average molecular weight is 182 g/mol. The van der Waals surface area contributed by atoms with Gasteiger partial charge in [0.2, 0.25) is 6.33 Å². The summed E-state index contributed by atoms with van der Waals surface area (Å²) < 4.78 is 3.73. The Morgan fingerprint density at radius 1 is 1.38 bits per heavy atom. The molecule has 0 aromatic carbocycles. The minimum atomic E-state index is 0.546. The molecule has 0 spiro atoms.